The monoisotopic (exact) mass is 417 g/mol. The maximum atomic E-state index is 11.9. The van der Waals surface area contributed by atoms with Crippen molar-refractivity contribution >= 4 is 35.1 Å². The van der Waals surface area contributed by atoms with Crippen LogP contribution in [-0.2, 0) is 11.5 Å². The summed E-state index contributed by atoms with van der Waals surface area (Å²) in [6.45, 7) is 4.36. The topological polar surface area (TPSA) is 58.6 Å². The van der Waals surface area contributed by atoms with E-state index in [1.807, 2.05) is 24.3 Å². The Bertz CT molecular complexity index is 958. The molecule has 3 rings (SSSR count). The summed E-state index contributed by atoms with van der Waals surface area (Å²) in [5, 5.41) is 1.74. The summed E-state index contributed by atoms with van der Waals surface area (Å²) >= 11 is 8.93. The molecular weight excluding hydrogens is 398 g/mol. The van der Waals surface area contributed by atoms with Crippen molar-refractivity contribution in [1.82, 2.24) is 15.0 Å². The van der Waals surface area contributed by atoms with Crippen molar-refractivity contribution in [3.63, 3.8) is 0 Å². The van der Waals surface area contributed by atoms with Gasteiger partial charge in [0.05, 0.1) is 0 Å². The van der Waals surface area contributed by atoms with Gasteiger partial charge in [-0.3, -0.25) is 4.98 Å². The zero-order valence-corrected chi connectivity index (χ0v) is 17.5. The summed E-state index contributed by atoms with van der Waals surface area (Å²) in [5.41, 5.74) is 3.20. The number of hydrogen-bond donors (Lipinski definition) is 1. The van der Waals surface area contributed by atoms with Crippen molar-refractivity contribution < 1.29 is 0 Å². The SMILES string of the molecule is CC(C)c1ccc(CSc2nc(SCc3cccc(Cl)c3)nc(=O)[nH]2)cc1. The predicted octanol–water partition coefficient (Wildman–Crippen LogP) is 5.53. The Hall–Kier alpha value is -1.76. The van der Waals surface area contributed by atoms with E-state index in [1.54, 1.807) is 0 Å². The van der Waals surface area contributed by atoms with E-state index >= 15 is 0 Å². The summed E-state index contributed by atoms with van der Waals surface area (Å²) in [5.74, 6) is 1.91. The van der Waals surface area contributed by atoms with Gasteiger partial charge in [0.1, 0.15) is 0 Å². The van der Waals surface area contributed by atoms with Crippen LogP contribution in [0.5, 0.6) is 0 Å². The maximum Gasteiger partial charge on any atom is 0.349 e. The molecule has 0 aliphatic heterocycles. The van der Waals surface area contributed by atoms with Gasteiger partial charge in [0.2, 0.25) is 0 Å². The number of thioether (sulfide) groups is 2. The molecule has 1 N–H and O–H groups in total. The Balaban J connectivity index is 1.63. The van der Waals surface area contributed by atoms with Gasteiger partial charge in [-0.15, -0.1) is 0 Å². The summed E-state index contributed by atoms with van der Waals surface area (Å²) < 4.78 is 0. The number of aromatic nitrogens is 3. The van der Waals surface area contributed by atoms with E-state index < -0.39 is 0 Å². The van der Waals surface area contributed by atoms with Crippen LogP contribution in [0.2, 0.25) is 5.02 Å². The van der Waals surface area contributed by atoms with Crippen LogP contribution in [0.1, 0.15) is 36.5 Å². The molecule has 4 nitrogen and oxygen atoms in total. The largest absolute Gasteiger partial charge is 0.349 e. The third kappa shape index (κ3) is 6.13. The molecule has 1 aromatic heterocycles. The lowest BCUT2D eigenvalue weighted by molar-refractivity contribution is 0.766. The van der Waals surface area contributed by atoms with Crippen LogP contribution in [0.3, 0.4) is 0 Å². The third-order valence-electron chi connectivity index (χ3n) is 3.89. The van der Waals surface area contributed by atoms with Gasteiger partial charge in [0.15, 0.2) is 10.3 Å². The molecule has 0 bridgehead atoms. The molecule has 0 saturated carbocycles. The summed E-state index contributed by atoms with van der Waals surface area (Å²) in [4.78, 5) is 23.0. The lowest BCUT2D eigenvalue weighted by Crippen LogP contribution is -2.13. The normalized spacial score (nSPS) is 11.1. The first kappa shape index (κ1) is 20.0. The smallest absolute Gasteiger partial charge is 0.285 e. The molecule has 0 aliphatic carbocycles. The summed E-state index contributed by atoms with van der Waals surface area (Å²) in [7, 11) is 0. The van der Waals surface area contributed by atoms with Crippen LogP contribution in [0.15, 0.2) is 63.6 Å². The molecule has 0 spiro atoms. The molecule has 0 atom stereocenters. The molecular formula is C20H20ClN3OS2. The number of nitrogens with one attached hydrogen (secondary N) is 1. The molecule has 0 radical (unpaired) electrons. The molecule has 140 valence electrons. The Morgan fingerprint density at radius 2 is 1.74 bits per heavy atom. The fraction of sp³-hybridized carbons (Fsp3) is 0.250. The summed E-state index contributed by atoms with van der Waals surface area (Å²) in [6, 6.07) is 16.2. The quantitative estimate of drug-likeness (QED) is 0.512. The van der Waals surface area contributed by atoms with Gasteiger partial charge in [0.25, 0.3) is 0 Å². The minimum absolute atomic E-state index is 0.378. The van der Waals surface area contributed by atoms with Gasteiger partial charge in [-0.25, -0.2) is 4.79 Å². The fourth-order valence-corrected chi connectivity index (χ4v) is 4.26. The molecule has 0 fully saturated rings. The van der Waals surface area contributed by atoms with Crippen molar-refractivity contribution in [1.29, 1.82) is 0 Å². The number of aromatic amines is 1. The first-order chi connectivity index (χ1) is 13.0. The number of halogens is 1. The van der Waals surface area contributed by atoms with E-state index in [0.717, 1.165) is 11.3 Å². The molecule has 0 amide bonds. The standard InChI is InChI=1S/C20H20ClN3OS2/c1-13(2)16-8-6-14(7-9-16)11-26-19-22-18(25)23-20(24-19)27-12-15-4-3-5-17(21)10-15/h3-10,13H,11-12H2,1-2H3,(H,22,23,24,25). The van der Waals surface area contributed by atoms with Crippen LogP contribution in [0, 0.1) is 0 Å². The Labute approximate surface area is 172 Å². The minimum atomic E-state index is -0.378. The van der Waals surface area contributed by atoms with Gasteiger partial charge >= 0.3 is 5.69 Å². The second-order valence-corrected chi connectivity index (χ2v) is 8.69. The fourth-order valence-electron chi connectivity index (χ4n) is 2.40. The van der Waals surface area contributed by atoms with Crippen LogP contribution < -0.4 is 5.69 Å². The number of benzene rings is 2. The van der Waals surface area contributed by atoms with Crippen molar-refractivity contribution in [2.24, 2.45) is 0 Å². The van der Waals surface area contributed by atoms with E-state index in [4.69, 9.17) is 11.6 Å². The molecule has 3 aromatic rings. The molecule has 7 heteroatoms. The van der Waals surface area contributed by atoms with E-state index in [1.165, 1.54) is 34.7 Å². The number of rotatable bonds is 7. The van der Waals surface area contributed by atoms with Crippen molar-refractivity contribution in [3.05, 3.63) is 80.7 Å². The minimum Gasteiger partial charge on any atom is -0.285 e. The molecule has 0 unspecified atom stereocenters. The Morgan fingerprint density at radius 1 is 1.00 bits per heavy atom. The third-order valence-corrected chi connectivity index (χ3v) is 5.99. The summed E-state index contributed by atoms with van der Waals surface area (Å²) in [6.07, 6.45) is 0. The lowest BCUT2D eigenvalue weighted by atomic mass is 10.0. The highest BCUT2D eigenvalue weighted by molar-refractivity contribution is 7.99. The van der Waals surface area contributed by atoms with E-state index in [9.17, 15) is 4.79 Å². The highest BCUT2D eigenvalue weighted by Gasteiger charge is 2.07. The number of hydrogen-bond acceptors (Lipinski definition) is 5. The van der Waals surface area contributed by atoms with Gasteiger partial charge in [0, 0.05) is 16.5 Å². The van der Waals surface area contributed by atoms with Gasteiger partial charge in [-0.1, -0.05) is 85.4 Å². The van der Waals surface area contributed by atoms with E-state index in [2.05, 4.69) is 53.1 Å². The van der Waals surface area contributed by atoms with Crippen LogP contribution in [0.4, 0.5) is 0 Å². The second-order valence-electron chi connectivity index (χ2n) is 6.35. The van der Waals surface area contributed by atoms with Gasteiger partial charge in [-0.05, 0) is 34.7 Å². The lowest BCUT2D eigenvalue weighted by Gasteiger charge is -2.07. The van der Waals surface area contributed by atoms with Crippen molar-refractivity contribution in [2.45, 2.75) is 41.6 Å². The molecule has 2 aromatic carbocycles. The van der Waals surface area contributed by atoms with Gasteiger partial charge in [-0.2, -0.15) is 9.97 Å². The molecule has 27 heavy (non-hydrogen) atoms. The average Bonchev–Trinajstić information content (AvgIpc) is 2.65. The predicted molar refractivity (Wildman–Crippen MR) is 114 cm³/mol. The molecule has 0 aliphatic rings. The highest BCUT2D eigenvalue weighted by Crippen LogP contribution is 2.24. The number of nitrogens with zero attached hydrogens (tertiary/aromatic N) is 2. The zero-order valence-electron chi connectivity index (χ0n) is 15.1. The Kier molecular flexibility index (Phi) is 6.99. The molecule has 0 saturated heterocycles. The van der Waals surface area contributed by atoms with Crippen molar-refractivity contribution in [3.8, 4) is 0 Å². The van der Waals surface area contributed by atoms with Crippen LogP contribution in [-0.4, -0.2) is 15.0 Å². The first-order valence-electron chi connectivity index (χ1n) is 8.57. The van der Waals surface area contributed by atoms with Crippen LogP contribution >= 0.6 is 35.1 Å². The second kappa shape index (κ2) is 9.44. The first-order valence-corrected chi connectivity index (χ1v) is 10.9. The average molecular weight is 418 g/mol. The van der Waals surface area contributed by atoms with E-state index in [0.29, 0.717) is 27.0 Å². The maximum absolute atomic E-state index is 11.9. The van der Waals surface area contributed by atoms with Gasteiger partial charge < -0.3 is 0 Å². The van der Waals surface area contributed by atoms with E-state index in [-0.39, 0.29) is 5.69 Å². The Morgan fingerprint density at radius 3 is 2.44 bits per heavy atom. The highest BCUT2D eigenvalue weighted by atomic mass is 35.5. The van der Waals surface area contributed by atoms with Crippen LogP contribution in [0.25, 0.3) is 0 Å². The zero-order chi connectivity index (χ0) is 19.2. The van der Waals surface area contributed by atoms with Crippen molar-refractivity contribution in [2.75, 3.05) is 0 Å². The molecule has 1 heterocycles. The number of H-pyrrole nitrogens is 1.